The highest BCUT2D eigenvalue weighted by Crippen LogP contribution is 2.13. The van der Waals surface area contributed by atoms with Crippen LogP contribution in [-0.2, 0) is 13.0 Å². The molecule has 1 aromatic heterocycles. The second-order valence-corrected chi connectivity index (χ2v) is 5.24. The second-order valence-electron chi connectivity index (χ2n) is 5.24. The normalized spacial score (nSPS) is 16.6. The number of H-pyrrole nitrogens is 1. The van der Waals surface area contributed by atoms with Crippen molar-refractivity contribution in [2.75, 3.05) is 26.2 Å². The lowest BCUT2D eigenvalue weighted by molar-refractivity contribution is 0.233. The highest BCUT2D eigenvalue weighted by atomic mass is 16.1. The molecule has 0 saturated carbocycles. The van der Waals surface area contributed by atoms with E-state index in [1.807, 2.05) is 19.1 Å². The predicted octanol–water partition coefficient (Wildman–Crippen LogP) is 0.891. The van der Waals surface area contributed by atoms with Crippen molar-refractivity contribution in [1.82, 2.24) is 20.2 Å². The van der Waals surface area contributed by atoms with E-state index in [2.05, 4.69) is 26.3 Å². The molecule has 106 valence electrons. The zero-order valence-electron chi connectivity index (χ0n) is 11.8. The molecule has 1 saturated heterocycles. The largest absolute Gasteiger partial charge is 0.319 e. The van der Waals surface area contributed by atoms with E-state index in [0.29, 0.717) is 12.1 Å². The molecule has 0 spiro atoms. The molecule has 3 rings (SSSR count). The van der Waals surface area contributed by atoms with Crippen LogP contribution in [0.25, 0.3) is 11.0 Å². The van der Waals surface area contributed by atoms with Gasteiger partial charge in [-0.05, 0) is 24.1 Å². The molecule has 0 aliphatic carbocycles. The Morgan fingerprint density at radius 3 is 2.85 bits per heavy atom. The summed E-state index contributed by atoms with van der Waals surface area (Å²) in [5, 5.41) is 3.35. The van der Waals surface area contributed by atoms with E-state index in [1.54, 1.807) is 0 Å². The maximum atomic E-state index is 11.8. The van der Waals surface area contributed by atoms with Gasteiger partial charge in [-0.2, -0.15) is 0 Å². The Bertz CT molecular complexity index is 658. The van der Waals surface area contributed by atoms with Crippen LogP contribution in [0, 0.1) is 0 Å². The van der Waals surface area contributed by atoms with Crippen molar-refractivity contribution in [3.8, 4) is 0 Å². The molecule has 1 aliphatic rings. The lowest BCUT2D eigenvalue weighted by Gasteiger charge is -2.27. The smallest absolute Gasteiger partial charge is 0.270 e. The molecule has 1 aromatic carbocycles. The van der Waals surface area contributed by atoms with E-state index in [4.69, 9.17) is 0 Å². The van der Waals surface area contributed by atoms with E-state index in [9.17, 15) is 4.79 Å². The summed E-state index contributed by atoms with van der Waals surface area (Å²) in [7, 11) is 0. The van der Waals surface area contributed by atoms with E-state index >= 15 is 0 Å². The molecule has 0 radical (unpaired) electrons. The van der Waals surface area contributed by atoms with Gasteiger partial charge in [0.1, 0.15) is 5.69 Å². The fourth-order valence-electron chi connectivity index (χ4n) is 2.64. The third kappa shape index (κ3) is 2.73. The zero-order valence-corrected chi connectivity index (χ0v) is 11.8. The number of aryl methyl sites for hydroxylation is 1. The van der Waals surface area contributed by atoms with E-state index < -0.39 is 0 Å². The van der Waals surface area contributed by atoms with Crippen LogP contribution in [0.3, 0.4) is 0 Å². The highest BCUT2D eigenvalue weighted by molar-refractivity contribution is 5.74. The maximum absolute atomic E-state index is 11.8. The first kappa shape index (κ1) is 13.3. The van der Waals surface area contributed by atoms with Gasteiger partial charge in [0.15, 0.2) is 0 Å². The summed E-state index contributed by atoms with van der Waals surface area (Å²) in [4.78, 5) is 21.6. The fraction of sp³-hybridized carbons (Fsp3) is 0.467. The zero-order chi connectivity index (χ0) is 13.9. The van der Waals surface area contributed by atoms with Crippen molar-refractivity contribution in [3.05, 3.63) is 39.8 Å². The Labute approximate surface area is 118 Å². The van der Waals surface area contributed by atoms with Crippen LogP contribution in [0.4, 0.5) is 0 Å². The van der Waals surface area contributed by atoms with Gasteiger partial charge in [0.05, 0.1) is 11.0 Å². The summed E-state index contributed by atoms with van der Waals surface area (Å²) in [6.45, 7) is 7.11. The minimum atomic E-state index is -0.0701. The number of piperazine rings is 1. The number of rotatable bonds is 3. The maximum Gasteiger partial charge on any atom is 0.270 e. The number of hydrogen-bond acceptors (Lipinski definition) is 4. The fourth-order valence-corrected chi connectivity index (χ4v) is 2.64. The number of nitrogens with zero attached hydrogens (tertiary/aromatic N) is 2. The van der Waals surface area contributed by atoms with Gasteiger partial charge in [0.25, 0.3) is 5.56 Å². The third-order valence-corrected chi connectivity index (χ3v) is 3.78. The van der Waals surface area contributed by atoms with E-state index in [0.717, 1.165) is 43.8 Å². The lowest BCUT2D eigenvalue weighted by Crippen LogP contribution is -2.42. The summed E-state index contributed by atoms with van der Waals surface area (Å²) >= 11 is 0. The van der Waals surface area contributed by atoms with Gasteiger partial charge >= 0.3 is 0 Å². The molecule has 0 bridgehead atoms. The van der Waals surface area contributed by atoms with Gasteiger partial charge in [-0.1, -0.05) is 13.0 Å². The second kappa shape index (κ2) is 5.73. The number of benzene rings is 1. The van der Waals surface area contributed by atoms with Crippen LogP contribution < -0.4 is 10.9 Å². The van der Waals surface area contributed by atoms with Gasteiger partial charge in [-0.3, -0.25) is 9.69 Å². The quantitative estimate of drug-likeness (QED) is 0.871. The SMILES string of the molecule is CCc1nc2ccc(CN3CCNCC3)cc2[nH]c1=O. The predicted molar refractivity (Wildman–Crippen MR) is 79.9 cm³/mol. The van der Waals surface area contributed by atoms with E-state index in [1.165, 1.54) is 5.56 Å². The van der Waals surface area contributed by atoms with Crippen LogP contribution in [0.2, 0.25) is 0 Å². The number of fused-ring (bicyclic) bond motifs is 1. The Morgan fingerprint density at radius 1 is 1.30 bits per heavy atom. The van der Waals surface area contributed by atoms with E-state index in [-0.39, 0.29) is 5.56 Å². The molecule has 2 heterocycles. The van der Waals surface area contributed by atoms with Crippen molar-refractivity contribution in [3.63, 3.8) is 0 Å². The van der Waals surface area contributed by atoms with Gasteiger partial charge in [-0.25, -0.2) is 4.98 Å². The molecule has 2 aromatic rings. The van der Waals surface area contributed by atoms with Gasteiger partial charge < -0.3 is 10.3 Å². The number of hydrogen-bond donors (Lipinski definition) is 2. The Balaban J connectivity index is 1.88. The van der Waals surface area contributed by atoms with Crippen LogP contribution in [0.5, 0.6) is 0 Å². The van der Waals surface area contributed by atoms with Crippen LogP contribution >= 0.6 is 0 Å². The minimum Gasteiger partial charge on any atom is -0.319 e. The van der Waals surface area contributed by atoms with Crippen LogP contribution in [0.1, 0.15) is 18.2 Å². The van der Waals surface area contributed by atoms with Gasteiger partial charge in [0.2, 0.25) is 0 Å². The summed E-state index contributed by atoms with van der Waals surface area (Å²) in [6, 6.07) is 6.16. The van der Waals surface area contributed by atoms with Gasteiger partial charge in [-0.15, -0.1) is 0 Å². The molecule has 1 aliphatic heterocycles. The third-order valence-electron chi connectivity index (χ3n) is 3.78. The average molecular weight is 272 g/mol. The monoisotopic (exact) mass is 272 g/mol. The van der Waals surface area contributed by atoms with Crippen molar-refractivity contribution < 1.29 is 0 Å². The topological polar surface area (TPSA) is 61.0 Å². The van der Waals surface area contributed by atoms with Crippen molar-refractivity contribution >= 4 is 11.0 Å². The van der Waals surface area contributed by atoms with Gasteiger partial charge in [0, 0.05) is 32.7 Å². The van der Waals surface area contributed by atoms with Crippen molar-refractivity contribution in [2.45, 2.75) is 19.9 Å². The first-order chi connectivity index (χ1) is 9.76. The number of nitrogens with one attached hydrogen (secondary N) is 2. The molecule has 2 N–H and O–H groups in total. The van der Waals surface area contributed by atoms with Crippen LogP contribution in [-0.4, -0.2) is 41.0 Å². The minimum absolute atomic E-state index is 0.0701. The summed E-state index contributed by atoms with van der Waals surface area (Å²) in [5.74, 6) is 0. The Hall–Kier alpha value is -1.72. The molecule has 0 amide bonds. The van der Waals surface area contributed by atoms with Crippen molar-refractivity contribution in [1.29, 1.82) is 0 Å². The molecule has 5 nitrogen and oxygen atoms in total. The van der Waals surface area contributed by atoms with Crippen molar-refractivity contribution in [2.24, 2.45) is 0 Å². The molecule has 5 heteroatoms. The molecular formula is C15H20N4O. The van der Waals surface area contributed by atoms with Crippen LogP contribution in [0.15, 0.2) is 23.0 Å². The summed E-state index contributed by atoms with van der Waals surface area (Å²) < 4.78 is 0. The molecule has 1 fully saturated rings. The molecular weight excluding hydrogens is 252 g/mol. The number of aromatic amines is 1. The average Bonchev–Trinajstić information content (AvgIpc) is 2.47. The standard InChI is InChI=1S/C15H20N4O/c1-2-12-15(20)18-14-9-11(3-4-13(14)17-12)10-19-7-5-16-6-8-19/h3-4,9,16H,2,5-8,10H2,1H3,(H,18,20). The first-order valence-electron chi connectivity index (χ1n) is 7.21. The first-order valence-corrected chi connectivity index (χ1v) is 7.21. The summed E-state index contributed by atoms with van der Waals surface area (Å²) in [6.07, 6.45) is 0.661. The Kier molecular flexibility index (Phi) is 3.80. The molecule has 0 unspecified atom stereocenters. The summed E-state index contributed by atoms with van der Waals surface area (Å²) in [5.41, 5.74) is 3.46. The Morgan fingerprint density at radius 2 is 2.10 bits per heavy atom. The molecule has 20 heavy (non-hydrogen) atoms. The highest BCUT2D eigenvalue weighted by Gasteiger charge is 2.10. The number of aromatic nitrogens is 2. The lowest BCUT2D eigenvalue weighted by atomic mass is 10.1. The molecule has 0 atom stereocenters.